The third-order valence-corrected chi connectivity index (χ3v) is 6.04. The normalized spacial score (nSPS) is 57.5. The number of ether oxygens (including phenoxy) is 1. The summed E-state index contributed by atoms with van der Waals surface area (Å²) in [5, 5.41) is 0. The first-order valence-electron chi connectivity index (χ1n) is 6.11. The standard InChI is InChI=1S/C13H20O2/c1-9-7-10(14)8-12-5-4-6-13(12,15-3)11(9,12)2/h9H,4-8H2,1-3H3/t9-,11+,12-,13-/m1/s1. The summed E-state index contributed by atoms with van der Waals surface area (Å²) in [5.74, 6) is 0.958. The maximum absolute atomic E-state index is 11.8. The van der Waals surface area contributed by atoms with Crippen molar-refractivity contribution < 1.29 is 9.53 Å². The molecule has 0 bridgehead atoms. The third kappa shape index (κ3) is 0.719. The fourth-order valence-corrected chi connectivity index (χ4v) is 5.30. The monoisotopic (exact) mass is 208 g/mol. The van der Waals surface area contributed by atoms with E-state index in [4.69, 9.17) is 4.74 Å². The van der Waals surface area contributed by atoms with E-state index < -0.39 is 0 Å². The predicted octanol–water partition coefficient (Wildman–Crippen LogP) is 2.56. The minimum absolute atomic E-state index is 0.0472. The van der Waals surface area contributed by atoms with Gasteiger partial charge in [-0.25, -0.2) is 0 Å². The van der Waals surface area contributed by atoms with Crippen molar-refractivity contribution in [2.45, 2.75) is 51.6 Å². The second-order valence-corrected chi connectivity index (χ2v) is 5.99. The maximum atomic E-state index is 11.8. The molecule has 84 valence electrons. The van der Waals surface area contributed by atoms with Gasteiger partial charge in [-0.05, 0) is 25.2 Å². The molecule has 0 aliphatic heterocycles. The Kier molecular flexibility index (Phi) is 1.62. The highest BCUT2D eigenvalue weighted by molar-refractivity contribution is 5.83. The maximum Gasteiger partial charge on any atom is 0.133 e. The Morgan fingerprint density at radius 1 is 1.40 bits per heavy atom. The first kappa shape index (κ1) is 9.83. The molecule has 0 N–H and O–H groups in total. The number of rotatable bonds is 1. The molecule has 0 unspecified atom stereocenters. The molecule has 3 saturated carbocycles. The number of fused-ring (bicyclic) bond motifs is 1. The van der Waals surface area contributed by atoms with E-state index in [-0.39, 0.29) is 16.4 Å². The lowest BCUT2D eigenvalue weighted by Crippen LogP contribution is -2.30. The molecule has 3 fully saturated rings. The Balaban J connectivity index is 2.08. The van der Waals surface area contributed by atoms with Crippen LogP contribution in [0.5, 0.6) is 0 Å². The van der Waals surface area contributed by atoms with E-state index >= 15 is 0 Å². The molecule has 0 aromatic heterocycles. The van der Waals surface area contributed by atoms with E-state index in [0.717, 1.165) is 19.3 Å². The average molecular weight is 208 g/mol. The first-order chi connectivity index (χ1) is 7.04. The van der Waals surface area contributed by atoms with Crippen molar-refractivity contribution >= 4 is 5.78 Å². The summed E-state index contributed by atoms with van der Waals surface area (Å²) in [6, 6.07) is 0. The zero-order chi connectivity index (χ0) is 10.9. The number of hydrogen-bond donors (Lipinski definition) is 0. The van der Waals surface area contributed by atoms with Crippen LogP contribution >= 0.6 is 0 Å². The fourth-order valence-electron chi connectivity index (χ4n) is 5.30. The van der Waals surface area contributed by atoms with Crippen LogP contribution in [0.2, 0.25) is 0 Å². The van der Waals surface area contributed by atoms with Gasteiger partial charge in [-0.3, -0.25) is 4.79 Å². The zero-order valence-electron chi connectivity index (χ0n) is 9.93. The van der Waals surface area contributed by atoms with E-state index in [1.807, 2.05) is 7.11 Å². The highest BCUT2D eigenvalue weighted by Crippen LogP contribution is 2.86. The number of carbonyl (C=O) groups is 1. The van der Waals surface area contributed by atoms with Gasteiger partial charge in [0.2, 0.25) is 0 Å². The van der Waals surface area contributed by atoms with Crippen molar-refractivity contribution in [3.05, 3.63) is 0 Å². The molecule has 0 amide bonds. The van der Waals surface area contributed by atoms with Crippen LogP contribution in [0, 0.1) is 16.7 Å². The van der Waals surface area contributed by atoms with Crippen LogP contribution in [-0.4, -0.2) is 18.5 Å². The largest absolute Gasteiger partial charge is 0.377 e. The summed E-state index contributed by atoms with van der Waals surface area (Å²) in [6.45, 7) is 4.59. The SMILES string of the molecule is CO[C@@]12CCC[C@]13CC(=O)C[C@@H](C)[C@@]32C. The van der Waals surface area contributed by atoms with Crippen LogP contribution in [0.4, 0.5) is 0 Å². The van der Waals surface area contributed by atoms with Crippen LogP contribution in [0.25, 0.3) is 0 Å². The molecule has 1 spiro atoms. The molecule has 3 rings (SSSR count). The van der Waals surface area contributed by atoms with Crippen molar-refractivity contribution in [2.24, 2.45) is 16.7 Å². The Morgan fingerprint density at radius 2 is 2.13 bits per heavy atom. The molecule has 3 aliphatic rings. The first-order valence-corrected chi connectivity index (χ1v) is 6.11. The number of ketones is 1. The second-order valence-electron chi connectivity index (χ2n) is 5.99. The van der Waals surface area contributed by atoms with Gasteiger partial charge < -0.3 is 4.74 Å². The Morgan fingerprint density at radius 3 is 2.80 bits per heavy atom. The molecule has 0 saturated heterocycles. The lowest BCUT2D eigenvalue weighted by atomic mass is 9.71. The smallest absolute Gasteiger partial charge is 0.133 e. The molecule has 4 atom stereocenters. The molecule has 0 aromatic rings. The van der Waals surface area contributed by atoms with Crippen LogP contribution in [0.3, 0.4) is 0 Å². The minimum atomic E-state index is 0.0472. The van der Waals surface area contributed by atoms with Crippen molar-refractivity contribution in [3.63, 3.8) is 0 Å². The summed E-state index contributed by atoms with van der Waals surface area (Å²) < 4.78 is 5.88. The summed E-state index contributed by atoms with van der Waals surface area (Å²) in [5.41, 5.74) is 0.538. The Hall–Kier alpha value is -0.370. The summed E-state index contributed by atoms with van der Waals surface area (Å²) >= 11 is 0. The number of hydrogen-bond acceptors (Lipinski definition) is 2. The highest BCUT2D eigenvalue weighted by Gasteiger charge is 2.88. The zero-order valence-corrected chi connectivity index (χ0v) is 9.93. The lowest BCUT2D eigenvalue weighted by Gasteiger charge is -2.32. The molecule has 2 heteroatoms. The molecular formula is C13H20O2. The third-order valence-electron chi connectivity index (χ3n) is 6.04. The van der Waals surface area contributed by atoms with Crippen LogP contribution in [0.15, 0.2) is 0 Å². The van der Waals surface area contributed by atoms with E-state index in [2.05, 4.69) is 13.8 Å². The molecule has 15 heavy (non-hydrogen) atoms. The van der Waals surface area contributed by atoms with Crippen molar-refractivity contribution in [3.8, 4) is 0 Å². The second kappa shape index (κ2) is 2.48. The topological polar surface area (TPSA) is 26.3 Å². The van der Waals surface area contributed by atoms with Crippen molar-refractivity contribution in [1.82, 2.24) is 0 Å². The minimum Gasteiger partial charge on any atom is -0.377 e. The Labute approximate surface area is 91.4 Å². The number of carbonyl (C=O) groups excluding carboxylic acids is 1. The van der Waals surface area contributed by atoms with E-state index in [0.29, 0.717) is 11.7 Å². The summed E-state index contributed by atoms with van der Waals surface area (Å²) in [6.07, 6.45) is 5.15. The summed E-state index contributed by atoms with van der Waals surface area (Å²) in [7, 11) is 1.84. The van der Waals surface area contributed by atoms with Gasteiger partial charge in [0.25, 0.3) is 0 Å². The lowest BCUT2D eigenvalue weighted by molar-refractivity contribution is -0.124. The highest BCUT2D eigenvalue weighted by atomic mass is 16.5. The molecule has 0 radical (unpaired) electrons. The van der Waals surface area contributed by atoms with Gasteiger partial charge in [0.05, 0.1) is 5.60 Å². The molecule has 0 aromatic carbocycles. The van der Waals surface area contributed by atoms with E-state index in [1.165, 1.54) is 12.8 Å². The van der Waals surface area contributed by atoms with Crippen molar-refractivity contribution in [2.75, 3.05) is 7.11 Å². The van der Waals surface area contributed by atoms with Crippen LogP contribution < -0.4 is 0 Å². The Bertz CT molecular complexity index is 331. The quantitative estimate of drug-likeness (QED) is 0.662. The van der Waals surface area contributed by atoms with Gasteiger partial charge in [-0.15, -0.1) is 0 Å². The molecule has 2 nitrogen and oxygen atoms in total. The molecule has 0 heterocycles. The average Bonchev–Trinajstić information content (AvgIpc) is 2.51. The van der Waals surface area contributed by atoms with Gasteiger partial charge in [-0.1, -0.05) is 13.8 Å². The fraction of sp³-hybridized carbons (Fsp3) is 0.923. The van der Waals surface area contributed by atoms with Gasteiger partial charge in [-0.2, -0.15) is 0 Å². The van der Waals surface area contributed by atoms with Gasteiger partial charge in [0.15, 0.2) is 0 Å². The van der Waals surface area contributed by atoms with Crippen LogP contribution in [-0.2, 0) is 9.53 Å². The van der Waals surface area contributed by atoms with Gasteiger partial charge in [0.1, 0.15) is 5.78 Å². The van der Waals surface area contributed by atoms with E-state index in [1.54, 1.807) is 0 Å². The molecular weight excluding hydrogens is 188 g/mol. The van der Waals surface area contributed by atoms with Crippen LogP contribution in [0.1, 0.15) is 46.0 Å². The van der Waals surface area contributed by atoms with E-state index in [9.17, 15) is 4.79 Å². The van der Waals surface area contributed by atoms with Gasteiger partial charge in [0, 0.05) is 30.8 Å². The number of Topliss-reactive ketones (excluding diaryl/α,β-unsaturated/α-hetero) is 1. The van der Waals surface area contributed by atoms with Crippen molar-refractivity contribution in [1.29, 1.82) is 0 Å². The molecule has 3 aliphatic carbocycles. The summed E-state index contributed by atoms with van der Waals surface area (Å²) in [4.78, 5) is 11.8. The number of methoxy groups -OCH3 is 1. The predicted molar refractivity (Wildman–Crippen MR) is 57.5 cm³/mol. The van der Waals surface area contributed by atoms with Gasteiger partial charge >= 0.3 is 0 Å².